The zero-order valence-electron chi connectivity index (χ0n) is 12.3. The van der Waals surface area contributed by atoms with Crippen LogP contribution < -0.4 is 5.32 Å². The van der Waals surface area contributed by atoms with Crippen LogP contribution in [0, 0.1) is 6.92 Å². The summed E-state index contributed by atoms with van der Waals surface area (Å²) in [5.41, 5.74) is 2.41. The molecule has 2 aromatic rings. The van der Waals surface area contributed by atoms with Crippen molar-refractivity contribution in [3.05, 3.63) is 29.7 Å². The van der Waals surface area contributed by atoms with Gasteiger partial charge in [0.05, 0.1) is 12.2 Å². The van der Waals surface area contributed by atoms with E-state index in [1.165, 1.54) is 36.8 Å². The lowest BCUT2D eigenvalue weighted by molar-refractivity contribution is 0.466. The third-order valence-corrected chi connectivity index (χ3v) is 4.08. The van der Waals surface area contributed by atoms with Crippen LogP contribution in [0.5, 0.6) is 0 Å². The normalized spacial score (nSPS) is 15.9. The summed E-state index contributed by atoms with van der Waals surface area (Å²) in [4.78, 5) is 0. The summed E-state index contributed by atoms with van der Waals surface area (Å²) in [6.07, 6.45) is 11.4. The van der Waals surface area contributed by atoms with Crippen LogP contribution in [-0.4, -0.2) is 19.6 Å². The van der Waals surface area contributed by atoms with E-state index in [2.05, 4.69) is 46.4 Å². The molecule has 20 heavy (non-hydrogen) atoms. The van der Waals surface area contributed by atoms with Crippen LogP contribution in [0.25, 0.3) is 0 Å². The predicted octanol–water partition coefficient (Wildman–Crippen LogP) is 3.14. The predicted molar refractivity (Wildman–Crippen MR) is 79.7 cm³/mol. The Kier molecular flexibility index (Phi) is 3.76. The summed E-state index contributed by atoms with van der Waals surface area (Å²) in [6, 6.07) is 0.616. The molecule has 3 rings (SSSR count). The number of nitrogens with zero attached hydrogens (tertiary/aromatic N) is 4. The van der Waals surface area contributed by atoms with E-state index in [1.54, 1.807) is 0 Å². The molecule has 5 heteroatoms. The van der Waals surface area contributed by atoms with Crippen LogP contribution in [-0.2, 0) is 13.1 Å². The first-order valence-corrected chi connectivity index (χ1v) is 7.57. The summed E-state index contributed by atoms with van der Waals surface area (Å²) >= 11 is 0. The molecule has 1 fully saturated rings. The molecule has 0 unspecified atom stereocenters. The summed E-state index contributed by atoms with van der Waals surface area (Å²) in [7, 11) is 0. The van der Waals surface area contributed by atoms with Crippen molar-refractivity contribution < 1.29 is 0 Å². The van der Waals surface area contributed by atoms with Gasteiger partial charge in [-0.05, 0) is 26.7 Å². The summed E-state index contributed by atoms with van der Waals surface area (Å²) in [6.45, 7) is 5.88. The second kappa shape index (κ2) is 5.69. The minimum Gasteiger partial charge on any atom is -0.364 e. The van der Waals surface area contributed by atoms with E-state index < -0.39 is 0 Å². The quantitative estimate of drug-likeness (QED) is 0.910. The maximum Gasteiger partial charge on any atom is 0.151 e. The van der Waals surface area contributed by atoms with E-state index in [1.807, 2.05) is 10.9 Å². The maximum absolute atomic E-state index is 4.51. The van der Waals surface area contributed by atoms with Crippen molar-refractivity contribution in [1.82, 2.24) is 19.6 Å². The summed E-state index contributed by atoms with van der Waals surface area (Å²) in [5, 5.41) is 12.4. The van der Waals surface area contributed by atoms with Crippen molar-refractivity contribution in [2.75, 3.05) is 5.32 Å². The van der Waals surface area contributed by atoms with Crippen LogP contribution in [0.3, 0.4) is 0 Å². The second-order valence-corrected chi connectivity index (χ2v) is 5.64. The van der Waals surface area contributed by atoms with Crippen molar-refractivity contribution in [3.63, 3.8) is 0 Å². The Hall–Kier alpha value is -1.78. The Balaban J connectivity index is 1.61. The fourth-order valence-corrected chi connectivity index (χ4v) is 2.88. The molecule has 0 amide bonds. The highest BCUT2D eigenvalue weighted by molar-refractivity contribution is 5.42. The van der Waals surface area contributed by atoms with Crippen molar-refractivity contribution in [1.29, 1.82) is 0 Å². The van der Waals surface area contributed by atoms with Gasteiger partial charge in [-0.15, -0.1) is 0 Å². The zero-order valence-corrected chi connectivity index (χ0v) is 12.3. The first-order chi connectivity index (χ1) is 9.76. The third kappa shape index (κ3) is 2.71. The monoisotopic (exact) mass is 273 g/mol. The van der Waals surface area contributed by atoms with Gasteiger partial charge in [0.25, 0.3) is 0 Å². The van der Waals surface area contributed by atoms with Crippen molar-refractivity contribution in [2.24, 2.45) is 0 Å². The molecule has 1 aliphatic carbocycles. The smallest absolute Gasteiger partial charge is 0.151 e. The van der Waals surface area contributed by atoms with Gasteiger partial charge in [-0.3, -0.25) is 9.36 Å². The number of aromatic nitrogens is 4. The third-order valence-electron chi connectivity index (χ3n) is 4.08. The molecule has 0 bridgehead atoms. The fourth-order valence-electron chi connectivity index (χ4n) is 2.88. The van der Waals surface area contributed by atoms with Gasteiger partial charge in [0.15, 0.2) is 5.82 Å². The highest BCUT2D eigenvalue weighted by atomic mass is 15.3. The first kappa shape index (κ1) is 13.2. The van der Waals surface area contributed by atoms with Gasteiger partial charge in [0.2, 0.25) is 0 Å². The average Bonchev–Trinajstić information content (AvgIpc) is 3.17. The number of rotatable bonds is 5. The molecule has 5 nitrogen and oxygen atoms in total. The highest BCUT2D eigenvalue weighted by Crippen LogP contribution is 2.28. The SMILES string of the molecule is CCn1cc(C)c(NCc2cnn(C3CCCC3)c2)n1. The minimum absolute atomic E-state index is 0.616. The number of anilines is 1. The molecule has 0 aromatic carbocycles. The largest absolute Gasteiger partial charge is 0.364 e. The lowest BCUT2D eigenvalue weighted by atomic mass is 10.2. The molecule has 0 spiro atoms. The van der Waals surface area contributed by atoms with Crippen molar-refractivity contribution in [3.8, 4) is 0 Å². The molecular formula is C15H23N5. The molecule has 2 aromatic heterocycles. The summed E-state index contributed by atoms with van der Waals surface area (Å²) in [5.74, 6) is 0.973. The molecule has 108 valence electrons. The van der Waals surface area contributed by atoms with E-state index in [9.17, 15) is 0 Å². The molecule has 0 saturated heterocycles. The van der Waals surface area contributed by atoms with Crippen LogP contribution in [0.4, 0.5) is 5.82 Å². The van der Waals surface area contributed by atoms with Crippen molar-refractivity contribution >= 4 is 5.82 Å². The topological polar surface area (TPSA) is 47.7 Å². The Labute approximate surface area is 120 Å². The van der Waals surface area contributed by atoms with E-state index in [0.29, 0.717) is 6.04 Å². The molecule has 1 saturated carbocycles. The highest BCUT2D eigenvalue weighted by Gasteiger charge is 2.17. The Bertz CT molecular complexity index is 563. The first-order valence-electron chi connectivity index (χ1n) is 7.57. The van der Waals surface area contributed by atoms with E-state index in [4.69, 9.17) is 0 Å². The number of hydrogen-bond acceptors (Lipinski definition) is 3. The molecule has 0 radical (unpaired) electrons. The van der Waals surface area contributed by atoms with Crippen LogP contribution in [0.15, 0.2) is 18.6 Å². The molecule has 0 atom stereocenters. The molecule has 1 N–H and O–H groups in total. The van der Waals surface area contributed by atoms with Gasteiger partial charge in [0, 0.05) is 36.6 Å². The molecule has 2 heterocycles. The number of nitrogens with one attached hydrogen (secondary N) is 1. The van der Waals surface area contributed by atoms with Gasteiger partial charge >= 0.3 is 0 Å². The van der Waals surface area contributed by atoms with Crippen LogP contribution in [0.2, 0.25) is 0 Å². The van der Waals surface area contributed by atoms with Gasteiger partial charge in [-0.1, -0.05) is 12.8 Å². The van der Waals surface area contributed by atoms with Crippen molar-refractivity contribution in [2.45, 2.75) is 58.7 Å². The van der Waals surface area contributed by atoms with Gasteiger partial charge in [-0.2, -0.15) is 10.2 Å². The molecule has 1 aliphatic rings. The lowest BCUT2D eigenvalue weighted by Gasteiger charge is -2.08. The Morgan fingerprint density at radius 2 is 2.10 bits per heavy atom. The number of hydrogen-bond donors (Lipinski definition) is 1. The van der Waals surface area contributed by atoms with Gasteiger partial charge in [0.1, 0.15) is 0 Å². The van der Waals surface area contributed by atoms with Crippen LogP contribution in [0.1, 0.15) is 49.8 Å². The molecular weight excluding hydrogens is 250 g/mol. The summed E-state index contributed by atoms with van der Waals surface area (Å²) < 4.78 is 4.10. The standard InChI is InChI=1S/C15H23N5/c1-3-19-10-12(2)15(18-19)16-8-13-9-17-20(11-13)14-6-4-5-7-14/h9-11,14H,3-8H2,1-2H3,(H,16,18). The Morgan fingerprint density at radius 3 is 2.80 bits per heavy atom. The molecule has 0 aliphatic heterocycles. The van der Waals surface area contributed by atoms with E-state index in [0.717, 1.165) is 18.9 Å². The average molecular weight is 273 g/mol. The number of aryl methyl sites for hydroxylation is 2. The fraction of sp³-hybridized carbons (Fsp3) is 0.600. The van der Waals surface area contributed by atoms with E-state index >= 15 is 0 Å². The van der Waals surface area contributed by atoms with Crippen LogP contribution >= 0.6 is 0 Å². The van der Waals surface area contributed by atoms with E-state index in [-0.39, 0.29) is 0 Å². The minimum atomic E-state index is 0.616. The van der Waals surface area contributed by atoms with Gasteiger partial charge < -0.3 is 5.32 Å². The lowest BCUT2D eigenvalue weighted by Crippen LogP contribution is -2.05. The second-order valence-electron chi connectivity index (χ2n) is 5.64. The maximum atomic E-state index is 4.51. The zero-order chi connectivity index (χ0) is 13.9. The Morgan fingerprint density at radius 1 is 1.30 bits per heavy atom. The van der Waals surface area contributed by atoms with Gasteiger partial charge in [-0.25, -0.2) is 0 Å².